The SMILES string of the molecule is CCNC(=O)CCNCc1cc(Br)ccc1OC(F)F. The Morgan fingerprint density at radius 1 is 1.45 bits per heavy atom. The zero-order valence-corrected chi connectivity index (χ0v) is 12.7. The standard InChI is InChI=1S/C13H17BrF2N2O2/c1-2-18-12(19)5-6-17-8-9-7-10(14)3-4-11(9)20-13(15)16/h3-4,7,13,17H,2,5-6,8H2,1H3,(H,18,19). The second-order valence-corrected chi connectivity index (χ2v) is 4.93. The van der Waals surface area contributed by atoms with E-state index in [2.05, 4.69) is 31.3 Å². The van der Waals surface area contributed by atoms with E-state index in [-0.39, 0.29) is 11.7 Å². The number of nitrogens with one attached hydrogen (secondary N) is 2. The summed E-state index contributed by atoms with van der Waals surface area (Å²) in [4.78, 5) is 11.2. The fourth-order valence-electron chi connectivity index (χ4n) is 1.61. The van der Waals surface area contributed by atoms with E-state index in [9.17, 15) is 13.6 Å². The molecule has 0 aliphatic heterocycles. The molecule has 0 radical (unpaired) electrons. The molecule has 0 unspecified atom stereocenters. The minimum atomic E-state index is -2.86. The zero-order chi connectivity index (χ0) is 15.0. The van der Waals surface area contributed by atoms with Crippen LogP contribution in [0.4, 0.5) is 8.78 Å². The van der Waals surface area contributed by atoms with Gasteiger partial charge in [-0.25, -0.2) is 0 Å². The first-order chi connectivity index (χ1) is 9.52. The fraction of sp³-hybridized carbons (Fsp3) is 0.462. The van der Waals surface area contributed by atoms with Gasteiger partial charge in [0, 0.05) is 36.1 Å². The van der Waals surface area contributed by atoms with E-state index in [1.807, 2.05) is 6.92 Å². The monoisotopic (exact) mass is 350 g/mol. The molecule has 0 spiro atoms. The number of carbonyl (C=O) groups is 1. The van der Waals surface area contributed by atoms with E-state index in [4.69, 9.17) is 0 Å². The van der Waals surface area contributed by atoms with Gasteiger partial charge in [0.25, 0.3) is 0 Å². The molecule has 0 aliphatic rings. The van der Waals surface area contributed by atoms with Gasteiger partial charge in [0.05, 0.1) is 0 Å². The predicted molar refractivity (Wildman–Crippen MR) is 75.8 cm³/mol. The fourth-order valence-corrected chi connectivity index (χ4v) is 2.02. The van der Waals surface area contributed by atoms with Crippen molar-refractivity contribution in [2.45, 2.75) is 26.5 Å². The molecular formula is C13H17BrF2N2O2. The molecule has 7 heteroatoms. The highest BCUT2D eigenvalue weighted by Crippen LogP contribution is 2.24. The number of rotatable bonds is 8. The van der Waals surface area contributed by atoms with Crippen LogP contribution in [-0.2, 0) is 11.3 Å². The molecule has 0 aromatic heterocycles. The summed E-state index contributed by atoms with van der Waals surface area (Å²) in [5.41, 5.74) is 0.607. The first-order valence-corrected chi connectivity index (χ1v) is 7.03. The maximum absolute atomic E-state index is 12.3. The van der Waals surface area contributed by atoms with Crippen LogP contribution in [-0.4, -0.2) is 25.6 Å². The van der Waals surface area contributed by atoms with Gasteiger partial charge in [-0.15, -0.1) is 0 Å². The van der Waals surface area contributed by atoms with Gasteiger partial charge >= 0.3 is 6.61 Å². The summed E-state index contributed by atoms with van der Waals surface area (Å²) >= 11 is 3.28. The molecule has 112 valence electrons. The average Bonchev–Trinajstić information content (AvgIpc) is 2.37. The molecule has 0 fully saturated rings. The Morgan fingerprint density at radius 3 is 2.85 bits per heavy atom. The summed E-state index contributed by atoms with van der Waals surface area (Å²) in [7, 11) is 0. The van der Waals surface area contributed by atoms with Crippen LogP contribution in [0.15, 0.2) is 22.7 Å². The molecule has 0 saturated heterocycles. The highest BCUT2D eigenvalue weighted by molar-refractivity contribution is 9.10. The maximum atomic E-state index is 12.3. The van der Waals surface area contributed by atoms with Crippen molar-refractivity contribution in [2.24, 2.45) is 0 Å². The van der Waals surface area contributed by atoms with Gasteiger partial charge in [-0.1, -0.05) is 15.9 Å². The third kappa shape index (κ3) is 6.29. The molecule has 20 heavy (non-hydrogen) atoms. The molecule has 0 aliphatic carbocycles. The van der Waals surface area contributed by atoms with Crippen molar-refractivity contribution in [1.29, 1.82) is 0 Å². The topological polar surface area (TPSA) is 50.4 Å². The molecule has 2 N–H and O–H groups in total. The van der Waals surface area contributed by atoms with Crippen LogP contribution in [0.25, 0.3) is 0 Å². The largest absolute Gasteiger partial charge is 0.434 e. The summed E-state index contributed by atoms with van der Waals surface area (Å²) in [5.74, 6) is 0.0898. The second-order valence-electron chi connectivity index (χ2n) is 4.01. The van der Waals surface area contributed by atoms with Gasteiger partial charge in [0.1, 0.15) is 5.75 Å². The molecule has 0 bridgehead atoms. The quantitative estimate of drug-likeness (QED) is 0.708. The van der Waals surface area contributed by atoms with Gasteiger partial charge in [0.2, 0.25) is 5.91 Å². The normalized spacial score (nSPS) is 10.7. The van der Waals surface area contributed by atoms with E-state index in [1.165, 1.54) is 6.07 Å². The van der Waals surface area contributed by atoms with Crippen molar-refractivity contribution in [2.75, 3.05) is 13.1 Å². The predicted octanol–water partition coefficient (Wildman–Crippen LogP) is 2.67. The number of alkyl halides is 2. The molecule has 1 aromatic carbocycles. The number of hydrogen-bond acceptors (Lipinski definition) is 3. The van der Waals surface area contributed by atoms with E-state index < -0.39 is 6.61 Å². The van der Waals surface area contributed by atoms with Gasteiger partial charge in [-0.05, 0) is 25.1 Å². The molecule has 0 heterocycles. The Kier molecular flexibility index (Phi) is 7.46. The smallest absolute Gasteiger partial charge is 0.387 e. The summed E-state index contributed by atoms with van der Waals surface area (Å²) < 4.78 is 29.8. The molecule has 0 atom stereocenters. The minimum absolute atomic E-state index is 0.0432. The van der Waals surface area contributed by atoms with Crippen LogP contribution in [0.3, 0.4) is 0 Å². The molecular weight excluding hydrogens is 334 g/mol. The number of benzene rings is 1. The lowest BCUT2D eigenvalue weighted by Crippen LogP contribution is -2.27. The third-order valence-electron chi connectivity index (χ3n) is 2.46. The van der Waals surface area contributed by atoms with Crippen LogP contribution < -0.4 is 15.4 Å². The second kappa shape index (κ2) is 8.86. The number of carbonyl (C=O) groups excluding carboxylic acids is 1. The molecule has 1 amide bonds. The Hall–Kier alpha value is -1.21. The van der Waals surface area contributed by atoms with Gasteiger partial charge < -0.3 is 15.4 Å². The van der Waals surface area contributed by atoms with Crippen LogP contribution >= 0.6 is 15.9 Å². The van der Waals surface area contributed by atoms with E-state index in [1.54, 1.807) is 12.1 Å². The lowest BCUT2D eigenvalue weighted by atomic mass is 10.2. The summed E-state index contributed by atoms with van der Waals surface area (Å²) in [6.07, 6.45) is 0.340. The van der Waals surface area contributed by atoms with Crippen LogP contribution in [0.2, 0.25) is 0 Å². The van der Waals surface area contributed by atoms with Crippen molar-refractivity contribution < 1.29 is 18.3 Å². The number of ether oxygens (including phenoxy) is 1. The highest BCUT2D eigenvalue weighted by atomic mass is 79.9. The maximum Gasteiger partial charge on any atom is 0.387 e. The van der Waals surface area contributed by atoms with Crippen molar-refractivity contribution in [3.05, 3.63) is 28.2 Å². The Balaban J connectivity index is 2.49. The van der Waals surface area contributed by atoms with Crippen molar-refractivity contribution >= 4 is 21.8 Å². The average molecular weight is 351 g/mol. The molecule has 1 aromatic rings. The number of halogens is 3. The first-order valence-electron chi connectivity index (χ1n) is 6.23. The Morgan fingerprint density at radius 2 is 2.20 bits per heavy atom. The number of amides is 1. The lowest BCUT2D eigenvalue weighted by Gasteiger charge is -2.12. The van der Waals surface area contributed by atoms with Crippen LogP contribution in [0, 0.1) is 0 Å². The summed E-state index contributed by atoms with van der Waals surface area (Å²) in [6.45, 7) is 0.399. The van der Waals surface area contributed by atoms with Crippen molar-refractivity contribution in [3.8, 4) is 5.75 Å². The van der Waals surface area contributed by atoms with Gasteiger partial charge in [-0.2, -0.15) is 8.78 Å². The van der Waals surface area contributed by atoms with Crippen molar-refractivity contribution in [1.82, 2.24) is 10.6 Å². The third-order valence-corrected chi connectivity index (χ3v) is 2.95. The van der Waals surface area contributed by atoms with Crippen LogP contribution in [0.5, 0.6) is 5.75 Å². The Bertz CT molecular complexity index is 444. The van der Waals surface area contributed by atoms with E-state index >= 15 is 0 Å². The highest BCUT2D eigenvalue weighted by Gasteiger charge is 2.10. The van der Waals surface area contributed by atoms with Gasteiger partial charge in [0.15, 0.2) is 0 Å². The van der Waals surface area contributed by atoms with Crippen LogP contribution in [0.1, 0.15) is 18.9 Å². The molecule has 0 saturated carbocycles. The summed E-state index contributed by atoms with van der Waals surface area (Å²) in [6, 6.07) is 4.82. The van der Waals surface area contributed by atoms with E-state index in [0.717, 1.165) is 4.47 Å². The lowest BCUT2D eigenvalue weighted by molar-refractivity contribution is -0.120. The van der Waals surface area contributed by atoms with Gasteiger partial charge in [-0.3, -0.25) is 4.79 Å². The Labute approximate surface area is 125 Å². The zero-order valence-electron chi connectivity index (χ0n) is 11.1. The number of hydrogen-bond donors (Lipinski definition) is 2. The van der Waals surface area contributed by atoms with Crippen molar-refractivity contribution in [3.63, 3.8) is 0 Å². The molecule has 1 rings (SSSR count). The molecule has 4 nitrogen and oxygen atoms in total. The first kappa shape index (κ1) is 16.8. The minimum Gasteiger partial charge on any atom is -0.434 e. The van der Waals surface area contributed by atoms with E-state index in [0.29, 0.717) is 31.6 Å². The summed E-state index contributed by atoms with van der Waals surface area (Å²) in [5, 5.41) is 5.71.